The number of nitrogens with zero attached hydrogens (tertiary/aromatic N) is 4. The van der Waals surface area contributed by atoms with Crippen molar-refractivity contribution in [3.05, 3.63) is 53.1 Å². The van der Waals surface area contributed by atoms with Gasteiger partial charge in [0.15, 0.2) is 6.04 Å². The van der Waals surface area contributed by atoms with Crippen molar-refractivity contribution >= 4 is 23.1 Å². The van der Waals surface area contributed by atoms with Gasteiger partial charge in [-0.2, -0.15) is 0 Å². The number of hydrogen-bond donors (Lipinski definition) is 0. The largest absolute Gasteiger partial charge is 0.489 e. The number of esters is 1. The Labute approximate surface area is 192 Å². The van der Waals surface area contributed by atoms with Gasteiger partial charge in [-0.3, -0.25) is 4.90 Å². The highest BCUT2D eigenvalue weighted by Gasteiger charge is 2.39. The Morgan fingerprint density at radius 1 is 1.15 bits per heavy atom. The van der Waals surface area contributed by atoms with E-state index in [0.717, 1.165) is 22.2 Å². The number of rotatable bonds is 4. The van der Waals surface area contributed by atoms with E-state index in [4.69, 9.17) is 14.2 Å². The summed E-state index contributed by atoms with van der Waals surface area (Å²) in [7, 11) is 3.17. The summed E-state index contributed by atoms with van der Waals surface area (Å²) in [5, 5.41) is 8.16. The molecule has 174 valence electrons. The number of aromatic nitrogens is 3. The fraction of sp³-hybridized carbons (Fsp3) is 0.417. The van der Waals surface area contributed by atoms with Crippen LogP contribution in [0, 0.1) is 0 Å². The molecule has 1 amide bonds. The van der Waals surface area contributed by atoms with Crippen LogP contribution < -0.4 is 4.74 Å². The second-order valence-corrected chi connectivity index (χ2v) is 9.03. The van der Waals surface area contributed by atoms with Crippen molar-refractivity contribution in [3.63, 3.8) is 0 Å². The molecule has 0 aliphatic carbocycles. The molecule has 1 atom stereocenters. The van der Waals surface area contributed by atoms with Crippen LogP contribution in [0.3, 0.4) is 0 Å². The number of aryl methyl sites for hydroxylation is 1. The highest BCUT2D eigenvalue weighted by atomic mass is 16.6. The number of amides is 1. The third kappa shape index (κ3) is 4.76. The molecule has 0 unspecified atom stereocenters. The number of ether oxygens (including phenoxy) is 3. The van der Waals surface area contributed by atoms with Crippen LogP contribution in [0.5, 0.6) is 5.75 Å². The number of carbonyl (C=O) groups is 2. The summed E-state index contributed by atoms with van der Waals surface area (Å²) < 4.78 is 18.2. The van der Waals surface area contributed by atoms with Crippen molar-refractivity contribution in [2.75, 3.05) is 13.7 Å². The van der Waals surface area contributed by atoms with Gasteiger partial charge in [-0.05, 0) is 68.1 Å². The predicted octanol–water partition coefficient (Wildman–Crippen LogP) is 3.55. The van der Waals surface area contributed by atoms with Gasteiger partial charge >= 0.3 is 12.1 Å². The van der Waals surface area contributed by atoms with Crippen molar-refractivity contribution in [3.8, 4) is 5.75 Å². The smallest absolute Gasteiger partial charge is 0.411 e. The summed E-state index contributed by atoms with van der Waals surface area (Å²) in [6.07, 6.45) is 0.0356. The second-order valence-electron chi connectivity index (χ2n) is 9.03. The Hall–Kier alpha value is -3.62. The van der Waals surface area contributed by atoms with E-state index in [1.165, 1.54) is 12.0 Å². The van der Waals surface area contributed by atoms with Crippen molar-refractivity contribution < 1.29 is 23.8 Å². The Morgan fingerprint density at radius 2 is 1.94 bits per heavy atom. The molecule has 4 rings (SSSR count). The summed E-state index contributed by atoms with van der Waals surface area (Å²) >= 11 is 0. The van der Waals surface area contributed by atoms with E-state index in [9.17, 15) is 9.59 Å². The lowest BCUT2D eigenvalue weighted by Gasteiger charge is -2.36. The van der Waals surface area contributed by atoms with Crippen LogP contribution in [-0.2, 0) is 34.3 Å². The number of methoxy groups -OCH3 is 1. The maximum absolute atomic E-state index is 12.7. The van der Waals surface area contributed by atoms with E-state index in [1.807, 2.05) is 37.4 Å². The van der Waals surface area contributed by atoms with Crippen LogP contribution in [0.25, 0.3) is 11.0 Å². The van der Waals surface area contributed by atoms with Crippen molar-refractivity contribution in [1.29, 1.82) is 0 Å². The molecule has 0 saturated heterocycles. The summed E-state index contributed by atoms with van der Waals surface area (Å²) in [4.78, 5) is 26.8. The quantitative estimate of drug-likeness (QED) is 0.559. The van der Waals surface area contributed by atoms with E-state index in [1.54, 1.807) is 31.5 Å². The Kier molecular flexibility index (Phi) is 5.97. The van der Waals surface area contributed by atoms with Gasteiger partial charge in [-0.1, -0.05) is 17.3 Å². The first-order valence-electron chi connectivity index (χ1n) is 10.8. The first-order valence-corrected chi connectivity index (χ1v) is 10.8. The minimum atomic E-state index is -0.860. The van der Waals surface area contributed by atoms with Gasteiger partial charge in [0.25, 0.3) is 0 Å². The highest BCUT2D eigenvalue weighted by molar-refractivity contribution is 5.84. The fourth-order valence-corrected chi connectivity index (χ4v) is 3.92. The van der Waals surface area contributed by atoms with E-state index in [2.05, 4.69) is 10.3 Å². The van der Waals surface area contributed by atoms with Crippen molar-refractivity contribution in [2.24, 2.45) is 7.05 Å². The zero-order chi connectivity index (χ0) is 23.8. The molecule has 1 aliphatic rings. The third-order valence-electron chi connectivity index (χ3n) is 5.48. The molecular formula is C24H28N4O5. The molecule has 0 radical (unpaired) electrons. The second kappa shape index (κ2) is 8.73. The molecule has 2 aromatic carbocycles. The standard InChI is InChI=1S/C24H28N4O5/c1-24(2,3)33-23(30)28-11-10-16-13-17(7-8-18(16)21(28)22(29)31-5)32-14-15-6-9-20-19(12-15)25-26-27(20)4/h6-9,12-13,21H,10-11,14H2,1-5H3/t21-/m1/s1. The van der Waals surface area contributed by atoms with E-state index >= 15 is 0 Å². The minimum Gasteiger partial charge on any atom is -0.489 e. The zero-order valence-corrected chi connectivity index (χ0v) is 19.5. The molecule has 0 bridgehead atoms. The van der Waals surface area contributed by atoms with Gasteiger partial charge in [0.1, 0.15) is 23.5 Å². The zero-order valence-electron chi connectivity index (χ0n) is 19.5. The third-order valence-corrected chi connectivity index (χ3v) is 5.48. The molecule has 0 spiro atoms. The monoisotopic (exact) mass is 452 g/mol. The Morgan fingerprint density at radius 3 is 2.67 bits per heavy atom. The maximum atomic E-state index is 12.7. The normalized spacial score (nSPS) is 15.8. The van der Waals surface area contributed by atoms with Gasteiger partial charge in [0, 0.05) is 13.6 Å². The van der Waals surface area contributed by atoms with Crippen LogP contribution >= 0.6 is 0 Å². The Balaban J connectivity index is 1.53. The average molecular weight is 453 g/mol. The number of benzene rings is 2. The number of hydrogen-bond acceptors (Lipinski definition) is 7. The van der Waals surface area contributed by atoms with E-state index in [-0.39, 0.29) is 0 Å². The SMILES string of the molecule is COC(=O)[C@H]1c2ccc(OCc3ccc4c(c3)nnn4C)cc2CCN1C(=O)OC(C)(C)C. The summed E-state index contributed by atoms with van der Waals surface area (Å²) in [5.74, 6) is 0.176. The topological polar surface area (TPSA) is 95.8 Å². The summed E-state index contributed by atoms with van der Waals surface area (Å²) in [5.41, 5.74) is 3.73. The van der Waals surface area contributed by atoms with Crippen molar-refractivity contribution in [2.45, 2.75) is 45.4 Å². The molecule has 9 nitrogen and oxygen atoms in total. The molecule has 9 heteroatoms. The maximum Gasteiger partial charge on any atom is 0.411 e. The van der Waals surface area contributed by atoms with Gasteiger partial charge < -0.3 is 14.2 Å². The average Bonchev–Trinajstić information content (AvgIpc) is 3.15. The van der Waals surface area contributed by atoms with Crippen LogP contribution in [0.1, 0.15) is 43.5 Å². The van der Waals surface area contributed by atoms with Gasteiger partial charge in [-0.15, -0.1) is 5.10 Å². The van der Waals surface area contributed by atoms with Gasteiger partial charge in [0.2, 0.25) is 0 Å². The summed E-state index contributed by atoms with van der Waals surface area (Å²) in [6.45, 7) is 6.09. The molecule has 0 saturated carbocycles. The molecular weight excluding hydrogens is 424 g/mol. The fourth-order valence-electron chi connectivity index (χ4n) is 3.92. The molecule has 1 aliphatic heterocycles. The molecule has 33 heavy (non-hydrogen) atoms. The van der Waals surface area contributed by atoms with E-state index in [0.29, 0.717) is 30.9 Å². The first kappa shape index (κ1) is 22.6. The van der Waals surface area contributed by atoms with Crippen LogP contribution in [-0.4, -0.2) is 51.2 Å². The van der Waals surface area contributed by atoms with Gasteiger partial charge in [-0.25, -0.2) is 14.3 Å². The van der Waals surface area contributed by atoms with Gasteiger partial charge in [0.05, 0.1) is 12.6 Å². The van der Waals surface area contributed by atoms with E-state index < -0.39 is 23.7 Å². The van der Waals surface area contributed by atoms with Crippen LogP contribution in [0.4, 0.5) is 4.79 Å². The molecule has 1 aromatic heterocycles. The lowest BCUT2D eigenvalue weighted by Crippen LogP contribution is -2.46. The van der Waals surface area contributed by atoms with Crippen LogP contribution in [0.2, 0.25) is 0 Å². The minimum absolute atomic E-state index is 0.342. The highest BCUT2D eigenvalue weighted by Crippen LogP contribution is 2.34. The number of fused-ring (bicyclic) bond motifs is 2. The lowest BCUT2D eigenvalue weighted by atomic mass is 9.92. The van der Waals surface area contributed by atoms with Crippen LogP contribution in [0.15, 0.2) is 36.4 Å². The molecule has 2 heterocycles. The summed E-state index contributed by atoms with van der Waals surface area (Å²) in [6, 6.07) is 10.6. The lowest BCUT2D eigenvalue weighted by molar-refractivity contribution is -0.147. The molecule has 0 fully saturated rings. The number of carbonyl (C=O) groups excluding carboxylic acids is 2. The first-order chi connectivity index (χ1) is 15.7. The van der Waals surface area contributed by atoms with Crippen molar-refractivity contribution in [1.82, 2.24) is 19.9 Å². The Bertz CT molecular complexity index is 1200. The predicted molar refractivity (Wildman–Crippen MR) is 121 cm³/mol. The molecule has 0 N–H and O–H groups in total. The molecule has 3 aromatic rings.